The zero-order chi connectivity index (χ0) is 15.2. The lowest BCUT2D eigenvalue weighted by atomic mass is 10.4. The van der Waals surface area contributed by atoms with Gasteiger partial charge in [0.15, 0.2) is 5.69 Å². The summed E-state index contributed by atoms with van der Waals surface area (Å²) in [6.45, 7) is 12.2. The Morgan fingerprint density at radius 2 is 2.25 bits per heavy atom. The average Bonchev–Trinajstić information content (AvgIpc) is 2.75. The van der Waals surface area contributed by atoms with E-state index >= 15 is 0 Å². The van der Waals surface area contributed by atoms with E-state index in [1.165, 1.54) is 10.9 Å². The average molecular weight is 298 g/mol. The maximum Gasteiger partial charge on any atom is 0.358 e. The van der Waals surface area contributed by atoms with Gasteiger partial charge in [0.05, 0.1) is 12.7 Å². The second-order valence-corrected chi connectivity index (χ2v) is 11.4. The summed E-state index contributed by atoms with van der Waals surface area (Å²) >= 11 is 0. The summed E-state index contributed by atoms with van der Waals surface area (Å²) < 4.78 is 6.90. The first kappa shape index (κ1) is 16.4. The van der Waals surface area contributed by atoms with Crippen LogP contribution in [0.4, 0.5) is 0 Å². The van der Waals surface area contributed by atoms with Crippen LogP contribution in [0.1, 0.15) is 10.5 Å². The van der Waals surface area contributed by atoms with E-state index in [1.807, 2.05) is 0 Å². The Bertz CT molecular complexity index is 468. The molecule has 8 heteroatoms. The minimum atomic E-state index is -1.09. The summed E-state index contributed by atoms with van der Waals surface area (Å²) in [6, 6.07) is 1.12. The third-order valence-corrected chi connectivity index (χ3v) is 4.24. The molecule has 0 aliphatic carbocycles. The molecule has 0 atom stereocenters. The second-order valence-electron chi connectivity index (χ2n) is 5.75. The van der Waals surface area contributed by atoms with Crippen molar-refractivity contribution in [1.82, 2.24) is 20.3 Å². The van der Waals surface area contributed by atoms with E-state index in [-0.39, 0.29) is 5.69 Å². The quantitative estimate of drug-likeness (QED) is 0.407. The van der Waals surface area contributed by atoms with Crippen LogP contribution in [0.15, 0.2) is 18.5 Å². The van der Waals surface area contributed by atoms with Gasteiger partial charge in [0.2, 0.25) is 0 Å². The van der Waals surface area contributed by atoms with Gasteiger partial charge in [-0.15, -0.1) is 5.10 Å². The van der Waals surface area contributed by atoms with Crippen molar-refractivity contribution < 1.29 is 14.6 Å². The van der Waals surface area contributed by atoms with Gasteiger partial charge in [-0.25, -0.2) is 9.48 Å². The van der Waals surface area contributed by atoms with E-state index in [4.69, 9.17) is 9.84 Å². The molecule has 20 heavy (non-hydrogen) atoms. The van der Waals surface area contributed by atoms with Gasteiger partial charge in [0, 0.05) is 20.4 Å². The number of nitrogens with zero attached hydrogens (tertiary/aromatic N) is 3. The molecule has 0 amide bonds. The van der Waals surface area contributed by atoms with E-state index < -0.39 is 14.0 Å². The number of carboxylic acid groups (broad SMARTS) is 1. The fraction of sp³-hybridized carbons (Fsp3) is 0.583. The molecule has 0 aliphatic heterocycles. The zero-order valence-corrected chi connectivity index (χ0v) is 13.2. The Labute approximate surface area is 119 Å². The molecule has 112 valence electrons. The van der Waals surface area contributed by atoms with Crippen LogP contribution in [-0.2, 0) is 11.3 Å². The van der Waals surface area contributed by atoms with Crippen LogP contribution in [0.2, 0.25) is 25.7 Å². The molecule has 0 spiro atoms. The van der Waals surface area contributed by atoms with Gasteiger partial charge in [0.1, 0.15) is 6.73 Å². The Morgan fingerprint density at radius 3 is 2.80 bits per heavy atom. The normalized spacial score (nSPS) is 11.3. The van der Waals surface area contributed by atoms with Crippen LogP contribution in [-0.4, -0.2) is 47.5 Å². The Hall–Kier alpha value is -1.67. The predicted molar refractivity (Wildman–Crippen MR) is 78.2 cm³/mol. The Morgan fingerprint density at radius 1 is 1.55 bits per heavy atom. The van der Waals surface area contributed by atoms with Gasteiger partial charge in [-0.05, 0) is 6.04 Å². The molecule has 0 saturated heterocycles. The number of hydrogen-bond donors (Lipinski definition) is 2. The molecule has 0 saturated carbocycles. The molecule has 1 aromatic rings. The van der Waals surface area contributed by atoms with E-state index in [1.54, 1.807) is 0 Å². The lowest BCUT2D eigenvalue weighted by Crippen LogP contribution is -2.25. The summed E-state index contributed by atoms with van der Waals surface area (Å²) in [6.07, 6.45) is 1.36. The molecule has 0 aliphatic rings. The standard InChI is InChI=1S/C12H22N4O3Si/c1-10(13-9-19-5-6-20(2,3)4)7-16-8-11(12(17)18)14-15-16/h8,13H,1,5-7,9H2,2-4H3,(H,17,18). The molecule has 0 bridgehead atoms. The number of allylic oxidation sites excluding steroid dienone is 1. The third-order valence-electron chi connectivity index (χ3n) is 2.53. The Kier molecular flexibility index (Phi) is 5.90. The van der Waals surface area contributed by atoms with Crippen LogP contribution >= 0.6 is 0 Å². The van der Waals surface area contributed by atoms with Crippen LogP contribution in [0, 0.1) is 0 Å². The minimum Gasteiger partial charge on any atom is -0.476 e. The molecule has 0 fully saturated rings. The third kappa shape index (κ3) is 6.48. The van der Waals surface area contributed by atoms with Crippen molar-refractivity contribution >= 4 is 14.0 Å². The molecular weight excluding hydrogens is 276 g/mol. The van der Waals surface area contributed by atoms with E-state index in [0.29, 0.717) is 19.0 Å². The van der Waals surface area contributed by atoms with Crippen molar-refractivity contribution in [2.75, 3.05) is 13.3 Å². The van der Waals surface area contributed by atoms with Gasteiger partial charge in [-0.1, -0.05) is 31.4 Å². The van der Waals surface area contributed by atoms with E-state index in [9.17, 15) is 4.79 Å². The van der Waals surface area contributed by atoms with Crippen LogP contribution in [0.3, 0.4) is 0 Å². The first-order valence-corrected chi connectivity index (χ1v) is 10.1. The van der Waals surface area contributed by atoms with Gasteiger partial charge < -0.3 is 15.2 Å². The fourth-order valence-electron chi connectivity index (χ4n) is 1.33. The number of aromatic carboxylic acids is 1. The SMILES string of the molecule is C=C(Cn1cc(C(=O)O)nn1)NCOCC[Si](C)(C)C. The monoisotopic (exact) mass is 298 g/mol. The largest absolute Gasteiger partial charge is 0.476 e. The summed E-state index contributed by atoms with van der Waals surface area (Å²) in [7, 11) is -1.06. The summed E-state index contributed by atoms with van der Waals surface area (Å²) in [5.74, 6) is -1.09. The number of nitrogens with one attached hydrogen (secondary N) is 1. The van der Waals surface area contributed by atoms with Gasteiger partial charge >= 0.3 is 5.97 Å². The van der Waals surface area contributed by atoms with E-state index in [2.05, 4.69) is 41.8 Å². The molecule has 0 unspecified atom stereocenters. The number of ether oxygens (including phenoxy) is 1. The molecule has 0 aromatic carbocycles. The lowest BCUT2D eigenvalue weighted by molar-refractivity contribution is 0.0690. The predicted octanol–water partition coefficient (Wildman–Crippen LogP) is 1.39. The summed E-state index contributed by atoms with van der Waals surface area (Å²) in [4.78, 5) is 10.7. The highest BCUT2D eigenvalue weighted by molar-refractivity contribution is 6.76. The number of rotatable bonds is 9. The van der Waals surface area contributed by atoms with Crippen LogP contribution < -0.4 is 5.32 Å². The van der Waals surface area contributed by atoms with Crippen molar-refractivity contribution in [3.63, 3.8) is 0 Å². The van der Waals surface area contributed by atoms with Gasteiger partial charge in [-0.3, -0.25) is 0 Å². The smallest absolute Gasteiger partial charge is 0.358 e. The molecule has 0 radical (unpaired) electrons. The lowest BCUT2D eigenvalue weighted by Gasteiger charge is -2.16. The molecule has 1 aromatic heterocycles. The number of carboxylic acids is 1. The molecule has 2 N–H and O–H groups in total. The second kappa shape index (κ2) is 7.20. The van der Waals surface area contributed by atoms with Gasteiger partial charge in [0.25, 0.3) is 0 Å². The highest BCUT2D eigenvalue weighted by Crippen LogP contribution is 2.07. The van der Waals surface area contributed by atoms with Crippen molar-refractivity contribution in [2.45, 2.75) is 32.2 Å². The number of carbonyl (C=O) groups is 1. The van der Waals surface area contributed by atoms with Crippen LogP contribution in [0.5, 0.6) is 0 Å². The maximum atomic E-state index is 10.7. The minimum absolute atomic E-state index is 0.0795. The topological polar surface area (TPSA) is 89.3 Å². The first-order chi connectivity index (χ1) is 9.28. The number of hydrogen-bond acceptors (Lipinski definition) is 5. The summed E-state index contributed by atoms with van der Waals surface area (Å²) in [5.41, 5.74) is 0.615. The molecule has 1 heterocycles. The number of aromatic nitrogens is 3. The van der Waals surface area contributed by atoms with Crippen molar-refractivity contribution in [3.05, 3.63) is 24.2 Å². The van der Waals surface area contributed by atoms with Crippen LogP contribution in [0.25, 0.3) is 0 Å². The molecule has 1 rings (SSSR count). The highest BCUT2D eigenvalue weighted by Gasteiger charge is 2.12. The molecular formula is C12H22N4O3Si. The van der Waals surface area contributed by atoms with Crippen molar-refractivity contribution in [3.8, 4) is 0 Å². The first-order valence-electron chi connectivity index (χ1n) is 6.41. The zero-order valence-electron chi connectivity index (χ0n) is 12.2. The van der Waals surface area contributed by atoms with Crippen molar-refractivity contribution in [1.29, 1.82) is 0 Å². The fourth-order valence-corrected chi connectivity index (χ4v) is 2.09. The maximum absolute atomic E-state index is 10.7. The van der Waals surface area contributed by atoms with Gasteiger partial charge in [-0.2, -0.15) is 0 Å². The Balaban J connectivity index is 2.21. The highest BCUT2D eigenvalue weighted by atomic mass is 28.3. The van der Waals surface area contributed by atoms with Crippen molar-refractivity contribution in [2.24, 2.45) is 0 Å². The van der Waals surface area contributed by atoms with E-state index in [0.717, 1.165) is 12.7 Å². The summed E-state index contributed by atoms with van der Waals surface area (Å²) in [5, 5.41) is 19.0. The molecule has 7 nitrogen and oxygen atoms in total.